The molecule has 0 aliphatic carbocycles. The molecule has 1 amide bonds. The molecule has 0 atom stereocenters. The van der Waals surface area contributed by atoms with Crippen molar-refractivity contribution in [2.24, 2.45) is 0 Å². The Kier molecular flexibility index (Phi) is 5.35. The van der Waals surface area contributed by atoms with Crippen molar-refractivity contribution in [1.82, 2.24) is 10.1 Å². The SMILES string of the molecule is CN(Cc1ccc(Cl)s1)C(=O)COC(=O)Cc1noc2ccccc12. The Morgan fingerprint density at radius 1 is 1.28 bits per heavy atom. The van der Waals surface area contributed by atoms with Crippen molar-refractivity contribution >= 4 is 45.8 Å². The molecule has 0 saturated heterocycles. The number of nitrogens with zero attached hydrogens (tertiary/aromatic N) is 2. The van der Waals surface area contributed by atoms with Crippen molar-refractivity contribution in [3.05, 3.63) is 51.3 Å². The Hall–Kier alpha value is -2.38. The van der Waals surface area contributed by atoms with Crippen molar-refractivity contribution < 1.29 is 18.8 Å². The molecule has 0 N–H and O–H groups in total. The van der Waals surface area contributed by atoms with Gasteiger partial charge in [-0.1, -0.05) is 28.9 Å². The summed E-state index contributed by atoms with van der Waals surface area (Å²) in [7, 11) is 1.65. The maximum atomic E-state index is 12.1. The summed E-state index contributed by atoms with van der Waals surface area (Å²) in [5, 5.41) is 4.63. The van der Waals surface area contributed by atoms with Gasteiger partial charge in [-0.3, -0.25) is 9.59 Å². The van der Waals surface area contributed by atoms with Crippen LogP contribution in [0, 0.1) is 0 Å². The largest absolute Gasteiger partial charge is 0.455 e. The molecule has 0 spiro atoms. The third-order valence-electron chi connectivity index (χ3n) is 3.57. The number of halogens is 1. The molecular formula is C17H15ClN2O4S. The number of carbonyl (C=O) groups is 2. The van der Waals surface area contributed by atoms with Gasteiger partial charge in [0.05, 0.1) is 17.3 Å². The number of hydrogen-bond acceptors (Lipinski definition) is 6. The molecule has 3 aromatic rings. The fraction of sp³-hybridized carbons (Fsp3) is 0.235. The number of carbonyl (C=O) groups excluding carboxylic acids is 2. The number of rotatable bonds is 6. The minimum atomic E-state index is -0.528. The van der Waals surface area contributed by atoms with Crippen molar-refractivity contribution in [1.29, 1.82) is 0 Å². The van der Waals surface area contributed by atoms with Crippen molar-refractivity contribution in [2.45, 2.75) is 13.0 Å². The molecule has 0 unspecified atom stereocenters. The first-order valence-electron chi connectivity index (χ1n) is 7.50. The van der Waals surface area contributed by atoms with Gasteiger partial charge in [-0.15, -0.1) is 11.3 Å². The summed E-state index contributed by atoms with van der Waals surface area (Å²) in [6.45, 7) is 0.103. The van der Waals surface area contributed by atoms with E-state index in [1.165, 1.54) is 16.2 Å². The zero-order valence-corrected chi connectivity index (χ0v) is 15.0. The second-order valence-electron chi connectivity index (χ2n) is 5.42. The number of amides is 1. The van der Waals surface area contributed by atoms with E-state index in [1.807, 2.05) is 24.3 Å². The summed E-state index contributed by atoms with van der Waals surface area (Å²) >= 11 is 7.27. The van der Waals surface area contributed by atoms with Gasteiger partial charge in [-0.05, 0) is 24.3 Å². The summed E-state index contributed by atoms with van der Waals surface area (Å²) in [4.78, 5) is 26.5. The van der Waals surface area contributed by atoms with Gasteiger partial charge in [0, 0.05) is 17.3 Å². The molecule has 25 heavy (non-hydrogen) atoms. The molecule has 3 rings (SSSR count). The first-order valence-corrected chi connectivity index (χ1v) is 8.69. The summed E-state index contributed by atoms with van der Waals surface area (Å²) in [5.74, 6) is -0.817. The van der Waals surface area contributed by atoms with Crippen LogP contribution >= 0.6 is 22.9 Å². The highest BCUT2D eigenvalue weighted by molar-refractivity contribution is 7.16. The molecule has 0 aliphatic rings. The minimum absolute atomic E-state index is 0.0471. The number of benzene rings is 1. The average Bonchev–Trinajstić information content (AvgIpc) is 3.19. The van der Waals surface area contributed by atoms with Crippen LogP contribution in [0.4, 0.5) is 0 Å². The molecule has 0 bridgehead atoms. The number of esters is 1. The zero-order valence-electron chi connectivity index (χ0n) is 13.4. The highest BCUT2D eigenvalue weighted by Gasteiger charge is 2.16. The van der Waals surface area contributed by atoms with Gasteiger partial charge in [-0.2, -0.15) is 0 Å². The molecular weight excluding hydrogens is 364 g/mol. The first-order chi connectivity index (χ1) is 12.0. The Morgan fingerprint density at radius 3 is 2.84 bits per heavy atom. The van der Waals surface area contributed by atoms with Gasteiger partial charge in [0.1, 0.15) is 5.69 Å². The molecule has 0 aliphatic heterocycles. The highest BCUT2D eigenvalue weighted by atomic mass is 35.5. The second kappa shape index (κ2) is 7.67. The van der Waals surface area contributed by atoms with Crippen molar-refractivity contribution in [3.8, 4) is 0 Å². The van der Waals surface area contributed by atoms with Gasteiger partial charge in [-0.25, -0.2) is 0 Å². The molecule has 2 aromatic heterocycles. The Morgan fingerprint density at radius 2 is 2.08 bits per heavy atom. The molecule has 8 heteroatoms. The van der Waals surface area contributed by atoms with Crippen molar-refractivity contribution in [2.75, 3.05) is 13.7 Å². The van der Waals surface area contributed by atoms with E-state index in [0.29, 0.717) is 22.2 Å². The van der Waals surface area contributed by atoms with Gasteiger partial charge in [0.2, 0.25) is 0 Å². The maximum absolute atomic E-state index is 12.1. The van der Waals surface area contributed by atoms with Gasteiger partial charge < -0.3 is 14.2 Å². The van der Waals surface area contributed by atoms with E-state index in [1.54, 1.807) is 19.2 Å². The number of ether oxygens (including phenoxy) is 1. The number of hydrogen-bond donors (Lipinski definition) is 0. The maximum Gasteiger partial charge on any atom is 0.312 e. The van der Waals surface area contributed by atoms with Crippen LogP contribution in [0.1, 0.15) is 10.6 Å². The van der Waals surface area contributed by atoms with E-state index in [4.69, 9.17) is 20.9 Å². The third kappa shape index (κ3) is 4.37. The monoisotopic (exact) mass is 378 g/mol. The standard InChI is InChI=1S/C17H15ClN2O4S/c1-20(9-11-6-7-15(18)25-11)16(21)10-23-17(22)8-13-12-4-2-3-5-14(12)24-19-13/h2-7H,8-10H2,1H3. The topological polar surface area (TPSA) is 72.6 Å². The fourth-order valence-corrected chi connectivity index (χ4v) is 3.41. The normalized spacial score (nSPS) is 10.8. The van der Waals surface area contributed by atoms with Crippen LogP contribution in [0.25, 0.3) is 11.0 Å². The summed E-state index contributed by atoms with van der Waals surface area (Å²) in [6, 6.07) is 10.9. The van der Waals surface area contributed by atoms with Gasteiger partial charge in [0.25, 0.3) is 5.91 Å². The predicted octanol–water partition coefficient (Wildman–Crippen LogP) is 3.29. The van der Waals surface area contributed by atoms with Crippen LogP contribution in [-0.4, -0.2) is 35.6 Å². The zero-order chi connectivity index (χ0) is 17.8. The van der Waals surface area contributed by atoms with E-state index in [-0.39, 0.29) is 18.9 Å². The molecule has 0 radical (unpaired) electrons. The number of aromatic nitrogens is 1. The highest BCUT2D eigenvalue weighted by Crippen LogP contribution is 2.22. The second-order valence-corrected chi connectivity index (χ2v) is 7.22. The van der Waals surface area contributed by atoms with Crippen LogP contribution in [0.3, 0.4) is 0 Å². The molecule has 1 aromatic carbocycles. The van der Waals surface area contributed by atoms with E-state index < -0.39 is 5.97 Å². The summed E-state index contributed by atoms with van der Waals surface area (Å²) in [5.41, 5.74) is 1.10. The van der Waals surface area contributed by atoms with Crippen LogP contribution in [0.15, 0.2) is 40.9 Å². The Bertz CT molecular complexity index is 905. The molecule has 130 valence electrons. The van der Waals surface area contributed by atoms with E-state index in [0.717, 1.165) is 10.3 Å². The smallest absolute Gasteiger partial charge is 0.312 e. The third-order valence-corrected chi connectivity index (χ3v) is 4.78. The van der Waals surface area contributed by atoms with Crippen molar-refractivity contribution in [3.63, 3.8) is 0 Å². The minimum Gasteiger partial charge on any atom is -0.455 e. The van der Waals surface area contributed by atoms with E-state index in [9.17, 15) is 9.59 Å². The number of likely N-dealkylation sites (N-methyl/N-ethyl adjacent to an activating group) is 1. The van der Waals surface area contributed by atoms with E-state index in [2.05, 4.69) is 5.16 Å². The van der Waals surface area contributed by atoms with Crippen LogP contribution < -0.4 is 0 Å². The van der Waals surface area contributed by atoms with Crippen LogP contribution in [0.2, 0.25) is 4.34 Å². The van der Waals surface area contributed by atoms with E-state index >= 15 is 0 Å². The lowest BCUT2D eigenvalue weighted by atomic mass is 10.2. The lowest BCUT2D eigenvalue weighted by molar-refractivity contribution is -0.151. The molecule has 6 nitrogen and oxygen atoms in total. The average molecular weight is 379 g/mol. The quantitative estimate of drug-likeness (QED) is 0.615. The van der Waals surface area contributed by atoms with Crippen LogP contribution in [0.5, 0.6) is 0 Å². The molecule has 2 heterocycles. The summed E-state index contributed by atoms with van der Waals surface area (Å²) < 4.78 is 10.9. The Balaban J connectivity index is 1.50. The lowest BCUT2D eigenvalue weighted by Crippen LogP contribution is -2.30. The summed E-state index contributed by atoms with van der Waals surface area (Å²) in [6.07, 6.45) is -0.0471. The van der Waals surface area contributed by atoms with Gasteiger partial charge in [0.15, 0.2) is 12.2 Å². The van der Waals surface area contributed by atoms with Gasteiger partial charge >= 0.3 is 5.97 Å². The molecule has 0 saturated carbocycles. The fourth-order valence-electron chi connectivity index (χ4n) is 2.26. The number of fused-ring (bicyclic) bond motifs is 1. The Labute approximate surface area is 152 Å². The predicted molar refractivity (Wildman–Crippen MR) is 94.5 cm³/mol. The number of para-hydroxylation sites is 1. The molecule has 0 fully saturated rings. The lowest BCUT2D eigenvalue weighted by Gasteiger charge is -2.16. The first kappa shape index (κ1) is 17.4. The van der Waals surface area contributed by atoms with Crippen LogP contribution in [-0.2, 0) is 27.3 Å². The number of thiophene rings is 1.